The van der Waals surface area contributed by atoms with Gasteiger partial charge in [0.2, 0.25) is 5.95 Å². The normalized spacial score (nSPS) is 20.0. The number of aromatic nitrogens is 2. The Kier molecular flexibility index (Phi) is 3.20. The number of fused-ring (bicyclic) bond motifs is 1. The van der Waals surface area contributed by atoms with Gasteiger partial charge in [-0.1, -0.05) is 13.8 Å². The number of hydrogen-bond donors (Lipinski definition) is 1. The maximum atomic E-state index is 14.4. The van der Waals surface area contributed by atoms with Crippen LogP contribution in [0.15, 0.2) is 23.3 Å². The molecule has 22 heavy (non-hydrogen) atoms. The highest BCUT2D eigenvalue weighted by Gasteiger charge is 2.37. The van der Waals surface area contributed by atoms with E-state index in [2.05, 4.69) is 15.0 Å². The van der Waals surface area contributed by atoms with Crippen LogP contribution in [0.25, 0.3) is 11.3 Å². The molecule has 1 unspecified atom stereocenters. The third kappa shape index (κ3) is 1.98. The summed E-state index contributed by atoms with van der Waals surface area (Å²) >= 11 is 0. The lowest BCUT2D eigenvalue weighted by molar-refractivity contribution is 0.604. The molecule has 0 saturated carbocycles. The van der Waals surface area contributed by atoms with Crippen LogP contribution in [-0.4, -0.2) is 15.7 Å². The molecule has 0 spiro atoms. The first-order valence-corrected chi connectivity index (χ1v) is 7.05. The van der Waals surface area contributed by atoms with Crippen LogP contribution in [0.5, 0.6) is 0 Å². The summed E-state index contributed by atoms with van der Waals surface area (Å²) in [5.74, 6) is -1.18. The first-order chi connectivity index (χ1) is 10.4. The van der Waals surface area contributed by atoms with Crippen LogP contribution >= 0.6 is 0 Å². The second-order valence-corrected chi connectivity index (χ2v) is 5.66. The number of aliphatic imine (C=N–C) groups is 1. The Morgan fingerprint density at radius 1 is 1.23 bits per heavy atom. The predicted molar refractivity (Wildman–Crippen MR) is 82.2 cm³/mol. The quantitative estimate of drug-likeness (QED) is 0.918. The highest BCUT2D eigenvalue weighted by Crippen LogP contribution is 2.45. The second-order valence-electron chi connectivity index (χ2n) is 5.66. The number of nitrogens with two attached hydrogens (primary N) is 1. The van der Waals surface area contributed by atoms with Gasteiger partial charge in [0.1, 0.15) is 17.2 Å². The zero-order valence-corrected chi connectivity index (χ0v) is 12.6. The van der Waals surface area contributed by atoms with Crippen molar-refractivity contribution in [3.8, 4) is 11.3 Å². The SMILES string of the molecule is CCC1(C)C(C)=Nc2c(F)cc(-c3nc(N)ncc3F)cc21. The standard InChI is InChI=1S/C16H16F2N4/c1-4-16(3)8(2)21-14-10(16)5-9(6-11(14)17)13-12(18)7-20-15(19)22-13/h5-7H,4H2,1-3H3,(H2,19,20,22). The average molecular weight is 302 g/mol. The van der Waals surface area contributed by atoms with Crippen molar-refractivity contribution in [2.24, 2.45) is 4.99 Å². The maximum Gasteiger partial charge on any atom is 0.220 e. The van der Waals surface area contributed by atoms with E-state index in [1.165, 1.54) is 6.07 Å². The highest BCUT2D eigenvalue weighted by atomic mass is 19.1. The molecule has 1 aromatic heterocycles. The Morgan fingerprint density at radius 3 is 2.64 bits per heavy atom. The van der Waals surface area contributed by atoms with Crippen LogP contribution in [0.4, 0.5) is 20.4 Å². The number of anilines is 1. The van der Waals surface area contributed by atoms with Crippen LogP contribution in [0.3, 0.4) is 0 Å². The van der Waals surface area contributed by atoms with Gasteiger partial charge in [-0.2, -0.15) is 0 Å². The van der Waals surface area contributed by atoms with E-state index in [1.807, 2.05) is 20.8 Å². The summed E-state index contributed by atoms with van der Waals surface area (Å²) in [6.45, 7) is 5.90. The van der Waals surface area contributed by atoms with Crippen molar-refractivity contribution < 1.29 is 8.78 Å². The Balaban J connectivity index is 2.24. The number of benzene rings is 1. The molecule has 114 valence electrons. The Morgan fingerprint density at radius 2 is 1.95 bits per heavy atom. The van der Waals surface area contributed by atoms with Gasteiger partial charge in [-0.25, -0.2) is 18.7 Å². The smallest absolute Gasteiger partial charge is 0.220 e. The van der Waals surface area contributed by atoms with Crippen LogP contribution in [0, 0.1) is 11.6 Å². The van der Waals surface area contributed by atoms with Crippen molar-refractivity contribution in [1.29, 1.82) is 0 Å². The number of nitrogens with zero attached hydrogens (tertiary/aromatic N) is 3. The Bertz CT molecular complexity index is 801. The molecule has 0 fully saturated rings. The molecule has 2 heterocycles. The van der Waals surface area contributed by atoms with Gasteiger partial charge in [-0.05, 0) is 31.0 Å². The van der Waals surface area contributed by atoms with Crippen molar-refractivity contribution in [2.75, 3.05) is 5.73 Å². The maximum absolute atomic E-state index is 14.4. The van der Waals surface area contributed by atoms with Gasteiger partial charge in [0.25, 0.3) is 0 Å². The molecule has 2 N–H and O–H groups in total. The summed E-state index contributed by atoms with van der Waals surface area (Å²) < 4.78 is 28.4. The fourth-order valence-corrected chi connectivity index (χ4v) is 2.79. The minimum Gasteiger partial charge on any atom is -0.368 e. The minimum absolute atomic E-state index is 0.00259. The fourth-order valence-electron chi connectivity index (χ4n) is 2.79. The Labute approximate surface area is 127 Å². The summed E-state index contributed by atoms with van der Waals surface area (Å²) in [5, 5.41) is 0. The molecule has 1 aliphatic rings. The second kappa shape index (κ2) is 4.83. The summed E-state index contributed by atoms with van der Waals surface area (Å²) in [5.41, 5.74) is 7.42. The van der Waals surface area contributed by atoms with Gasteiger partial charge < -0.3 is 5.73 Å². The molecule has 1 atom stereocenters. The molecule has 2 aromatic rings. The van der Waals surface area contributed by atoms with Gasteiger partial charge in [-0.15, -0.1) is 0 Å². The number of hydrogen-bond acceptors (Lipinski definition) is 4. The van der Waals surface area contributed by atoms with Crippen molar-refractivity contribution >= 4 is 17.3 Å². The molecular weight excluding hydrogens is 286 g/mol. The lowest BCUT2D eigenvalue weighted by atomic mass is 9.77. The van der Waals surface area contributed by atoms with Gasteiger partial charge in [-0.3, -0.25) is 4.99 Å². The van der Waals surface area contributed by atoms with Crippen LogP contribution in [0.2, 0.25) is 0 Å². The molecule has 0 bridgehead atoms. The van der Waals surface area contributed by atoms with Gasteiger partial charge in [0, 0.05) is 16.7 Å². The summed E-state index contributed by atoms with van der Waals surface area (Å²) in [6.07, 6.45) is 1.76. The van der Waals surface area contributed by atoms with Gasteiger partial charge in [0.05, 0.1) is 6.20 Å². The van der Waals surface area contributed by atoms with Crippen LogP contribution < -0.4 is 5.73 Å². The number of nitrogen functional groups attached to an aromatic ring is 1. The van der Waals surface area contributed by atoms with E-state index in [0.717, 1.165) is 23.9 Å². The summed E-state index contributed by atoms with van der Waals surface area (Å²) in [6, 6.07) is 2.98. The molecule has 1 aromatic carbocycles. The van der Waals surface area contributed by atoms with E-state index >= 15 is 0 Å². The predicted octanol–water partition coefficient (Wildman–Crippen LogP) is 3.78. The Hall–Kier alpha value is -2.37. The van der Waals surface area contributed by atoms with Gasteiger partial charge in [0.15, 0.2) is 5.82 Å². The average Bonchev–Trinajstić information content (AvgIpc) is 2.75. The van der Waals surface area contributed by atoms with E-state index in [0.29, 0.717) is 11.3 Å². The molecule has 4 nitrogen and oxygen atoms in total. The number of halogens is 2. The lowest BCUT2D eigenvalue weighted by Gasteiger charge is -2.24. The minimum atomic E-state index is -0.637. The zero-order chi connectivity index (χ0) is 16.1. The molecule has 1 aliphatic heterocycles. The summed E-state index contributed by atoms with van der Waals surface area (Å²) in [7, 11) is 0. The van der Waals surface area contributed by atoms with E-state index in [1.54, 1.807) is 6.07 Å². The van der Waals surface area contributed by atoms with Crippen molar-refractivity contribution in [1.82, 2.24) is 9.97 Å². The third-order valence-electron chi connectivity index (χ3n) is 4.48. The topological polar surface area (TPSA) is 64.2 Å². The largest absolute Gasteiger partial charge is 0.368 e. The van der Waals surface area contributed by atoms with Crippen LogP contribution in [-0.2, 0) is 5.41 Å². The van der Waals surface area contributed by atoms with E-state index < -0.39 is 11.6 Å². The van der Waals surface area contributed by atoms with E-state index in [4.69, 9.17) is 5.73 Å². The molecule has 0 saturated heterocycles. The van der Waals surface area contributed by atoms with Gasteiger partial charge >= 0.3 is 0 Å². The lowest BCUT2D eigenvalue weighted by Crippen LogP contribution is -2.26. The number of rotatable bonds is 2. The monoisotopic (exact) mass is 302 g/mol. The molecule has 0 radical (unpaired) electrons. The first-order valence-electron chi connectivity index (χ1n) is 7.05. The molecule has 6 heteroatoms. The van der Waals surface area contributed by atoms with Crippen molar-refractivity contribution in [2.45, 2.75) is 32.6 Å². The highest BCUT2D eigenvalue weighted by molar-refractivity contribution is 6.00. The fraction of sp³-hybridized carbons (Fsp3) is 0.312. The van der Waals surface area contributed by atoms with Crippen molar-refractivity contribution in [3.05, 3.63) is 35.5 Å². The third-order valence-corrected chi connectivity index (χ3v) is 4.48. The molecule has 3 rings (SSSR count). The van der Waals surface area contributed by atoms with E-state index in [-0.39, 0.29) is 17.1 Å². The summed E-state index contributed by atoms with van der Waals surface area (Å²) in [4.78, 5) is 11.8. The van der Waals surface area contributed by atoms with Crippen LogP contribution in [0.1, 0.15) is 32.8 Å². The molecular formula is C16H16F2N4. The molecule has 0 amide bonds. The van der Waals surface area contributed by atoms with E-state index in [9.17, 15) is 8.78 Å². The van der Waals surface area contributed by atoms with Crippen molar-refractivity contribution in [3.63, 3.8) is 0 Å². The zero-order valence-electron chi connectivity index (χ0n) is 12.6. The molecule has 0 aliphatic carbocycles. The first kappa shape index (κ1) is 14.6.